The summed E-state index contributed by atoms with van der Waals surface area (Å²) in [5.74, 6) is 1.69. The summed E-state index contributed by atoms with van der Waals surface area (Å²) in [5.41, 5.74) is 0. The first-order valence-electron chi connectivity index (χ1n) is 4.23. The molecule has 0 saturated heterocycles. The minimum atomic E-state index is 0.360. The third kappa shape index (κ3) is 2.16. The molecule has 0 saturated carbocycles. The standard InChI is InChI=1S/C7H6O2.C3H8/c1-2-4-7-6(3-1)8-5-9-7;1-3-2/h1-4H,5H2;3H2,1-2H3. The molecule has 1 aromatic rings. The predicted molar refractivity (Wildman–Crippen MR) is 48.5 cm³/mol. The van der Waals surface area contributed by atoms with Crippen LogP contribution in [0.4, 0.5) is 0 Å². The van der Waals surface area contributed by atoms with Gasteiger partial charge in [-0.2, -0.15) is 0 Å². The van der Waals surface area contributed by atoms with E-state index in [0.717, 1.165) is 11.5 Å². The topological polar surface area (TPSA) is 18.5 Å². The fourth-order valence-corrected chi connectivity index (χ4v) is 0.845. The first kappa shape index (κ1) is 8.91. The molecule has 2 nitrogen and oxygen atoms in total. The average Bonchev–Trinajstić information content (AvgIpc) is 2.52. The molecule has 1 heterocycles. The molecule has 0 radical (unpaired) electrons. The maximum absolute atomic E-state index is 5.08. The molecular weight excluding hydrogens is 152 g/mol. The molecule has 0 fully saturated rings. The molecule has 0 atom stereocenters. The normalized spacial score (nSPS) is 11.8. The number of hydrogen-bond acceptors (Lipinski definition) is 2. The van der Waals surface area contributed by atoms with Crippen molar-refractivity contribution in [3.05, 3.63) is 24.3 Å². The van der Waals surface area contributed by atoms with Crippen molar-refractivity contribution in [3.8, 4) is 11.5 Å². The Bertz CT molecular complexity index is 210. The number of rotatable bonds is 0. The van der Waals surface area contributed by atoms with Crippen molar-refractivity contribution in [2.24, 2.45) is 0 Å². The molecule has 0 N–H and O–H groups in total. The van der Waals surface area contributed by atoms with Crippen molar-refractivity contribution in [1.82, 2.24) is 0 Å². The summed E-state index contributed by atoms with van der Waals surface area (Å²) in [6.45, 7) is 4.61. The fourth-order valence-electron chi connectivity index (χ4n) is 0.845. The van der Waals surface area contributed by atoms with E-state index in [4.69, 9.17) is 9.47 Å². The zero-order chi connectivity index (χ0) is 8.81. The number of para-hydroxylation sites is 2. The van der Waals surface area contributed by atoms with Crippen LogP contribution >= 0.6 is 0 Å². The van der Waals surface area contributed by atoms with E-state index in [0.29, 0.717) is 6.79 Å². The van der Waals surface area contributed by atoms with Crippen LogP contribution in [0.15, 0.2) is 24.3 Å². The van der Waals surface area contributed by atoms with Crippen molar-refractivity contribution >= 4 is 0 Å². The van der Waals surface area contributed by atoms with Gasteiger partial charge in [0.15, 0.2) is 11.5 Å². The van der Waals surface area contributed by atoms with Crippen LogP contribution in [0.1, 0.15) is 20.3 Å². The Labute approximate surface area is 73.1 Å². The first-order chi connectivity index (χ1) is 5.88. The highest BCUT2D eigenvalue weighted by Crippen LogP contribution is 2.30. The van der Waals surface area contributed by atoms with E-state index in [-0.39, 0.29) is 0 Å². The maximum atomic E-state index is 5.08. The van der Waals surface area contributed by atoms with Gasteiger partial charge in [0.2, 0.25) is 6.79 Å². The molecule has 66 valence electrons. The minimum Gasteiger partial charge on any atom is -0.454 e. The van der Waals surface area contributed by atoms with E-state index in [1.807, 2.05) is 24.3 Å². The SMILES string of the molecule is CCC.c1ccc2c(c1)OCO2. The number of fused-ring (bicyclic) bond motifs is 1. The molecule has 2 rings (SSSR count). The van der Waals surface area contributed by atoms with Crippen LogP contribution in [0.2, 0.25) is 0 Å². The second kappa shape index (κ2) is 4.65. The molecule has 0 unspecified atom stereocenters. The van der Waals surface area contributed by atoms with Gasteiger partial charge in [-0.1, -0.05) is 32.4 Å². The van der Waals surface area contributed by atoms with Gasteiger partial charge < -0.3 is 9.47 Å². The molecule has 0 amide bonds. The van der Waals surface area contributed by atoms with Gasteiger partial charge in [-0.05, 0) is 12.1 Å². The van der Waals surface area contributed by atoms with E-state index in [1.54, 1.807) is 0 Å². The Hall–Kier alpha value is -1.18. The van der Waals surface area contributed by atoms with Crippen LogP contribution in [0.5, 0.6) is 11.5 Å². The Morgan fingerprint density at radius 2 is 1.50 bits per heavy atom. The number of ether oxygens (including phenoxy) is 2. The van der Waals surface area contributed by atoms with E-state index in [9.17, 15) is 0 Å². The minimum absolute atomic E-state index is 0.360. The quantitative estimate of drug-likeness (QED) is 0.590. The van der Waals surface area contributed by atoms with Crippen LogP contribution < -0.4 is 9.47 Å². The highest BCUT2D eigenvalue weighted by Gasteiger charge is 2.09. The molecular formula is C10H14O2. The zero-order valence-electron chi connectivity index (χ0n) is 7.54. The third-order valence-corrected chi connectivity index (χ3v) is 1.28. The van der Waals surface area contributed by atoms with Gasteiger partial charge in [0.25, 0.3) is 0 Å². The van der Waals surface area contributed by atoms with Crippen LogP contribution in [0, 0.1) is 0 Å². The second-order valence-corrected chi connectivity index (χ2v) is 2.56. The summed E-state index contributed by atoms with van der Waals surface area (Å²) in [5, 5.41) is 0. The first-order valence-corrected chi connectivity index (χ1v) is 4.23. The van der Waals surface area contributed by atoms with Crippen molar-refractivity contribution < 1.29 is 9.47 Å². The summed E-state index contributed by atoms with van der Waals surface area (Å²) in [4.78, 5) is 0. The summed E-state index contributed by atoms with van der Waals surface area (Å²) >= 11 is 0. The van der Waals surface area contributed by atoms with E-state index in [2.05, 4.69) is 13.8 Å². The highest BCUT2D eigenvalue weighted by molar-refractivity contribution is 5.40. The Balaban J connectivity index is 0.000000213. The molecule has 1 aliphatic heterocycles. The predicted octanol–water partition coefficient (Wildman–Crippen LogP) is 2.83. The summed E-state index contributed by atoms with van der Waals surface area (Å²) in [7, 11) is 0. The monoisotopic (exact) mass is 166 g/mol. The van der Waals surface area contributed by atoms with Gasteiger partial charge in [-0.3, -0.25) is 0 Å². The largest absolute Gasteiger partial charge is 0.454 e. The van der Waals surface area contributed by atoms with Gasteiger partial charge >= 0.3 is 0 Å². The molecule has 0 aromatic heterocycles. The van der Waals surface area contributed by atoms with Crippen molar-refractivity contribution in [1.29, 1.82) is 0 Å². The molecule has 0 spiro atoms. The lowest BCUT2D eigenvalue weighted by Crippen LogP contribution is -1.92. The van der Waals surface area contributed by atoms with Crippen molar-refractivity contribution in [2.45, 2.75) is 20.3 Å². The molecule has 1 aliphatic rings. The van der Waals surface area contributed by atoms with Crippen LogP contribution in [-0.4, -0.2) is 6.79 Å². The fraction of sp³-hybridized carbons (Fsp3) is 0.400. The van der Waals surface area contributed by atoms with E-state index >= 15 is 0 Å². The van der Waals surface area contributed by atoms with Crippen LogP contribution in [-0.2, 0) is 0 Å². The van der Waals surface area contributed by atoms with Gasteiger partial charge in [0.1, 0.15) is 0 Å². The molecule has 0 aliphatic carbocycles. The third-order valence-electron chi connectivity index (χ3n) is 1.28. The lowest BCUT2D eigenvalue weighted by Gasteiger charge is -1.89. The van der Waals surface area contributed by atoms with Gasteiger partial charge in [-0.25, -0.2) is 0 Å². The molecule has 12 heavy (non-hydrogen) atoms. The van der Waals surface area contributed by atoms with Crippen molar-refractivity contribution in [3.63, 3.8) is 0 Å². The van der Waals surface area contributed by atoms with E-state index in [1.165, 1.54) is 6.42 Å². The second-order valence-electron chi connectivity index (χ2n) is 2.56. The van der Waals surface area contributed by atoms with Gasteiger partial charge in [0, 0.05) is 0 Å². The Morgan fingerprint density at radius 3 is 1.92 bits per heavy atom. The Kier molecular flexibility index (Phi) is 3.45. The lowest BCUT2D eigenvalue weighted by molar-refractivity contribution is 0.174. The molecule has 2 heteroatoms. The number of hydrogen-bond donors (Lipinski definition) is 0. The summed E-state index contributed by atoms with van der Waals surface area (Å²) < 4.78 is 10.2. The summed E-state index contributed by atoms with van der Waals surface area (Å²) in [6, 6.07) is 7.63. The molecule has 0 bridgehead atoms. The maximum Gasteiger partial charge on any atom is 0.231 e. The smallest absolute Gasteiger partial charge is 0.231 e. The van der Waals surface area contributed by atoms with Gasteiger partial charge in [0.05, 0.1) is 0 Å². The average molecular weight is 166 g/mol. The zero-order valence-corrected chi connectivity index (χ0v) is 7.54. The van der Waals surface area contributed by atoms with Crippen LogP contribution in [0.3, 0.4) is 0 Å². The summed E-state index contributed by atoms with van der Waals surface area (Å²) in [6.07, 6.45) is 1.25. The van der Waals surface area contributed by atoms with Gasteiger partial charge in [-0.15, -0.1) is 0 Å². The van der Waals surface area contributed by atoms with Crippen molar-refractivity contribution in [2.75, 3.05) is 6.79 Å². The highest BCUT2D eigenvalue weighted by atomic mass is 16.7. The van der Waals surface area contributed by atoms with E-state index < -0.39 is 0 Å². The lowest BCUT2D eigenvalue weighted by atomic mass is 10.3. The van der Waals surface area contributed by atoms with Crippen LogP contribution in [0.25, 0.3) is 0 Å². The molecule has 1 aromatic carbocycles. The Morgan fingerprint density at radius 1 is 1.08 bits per heavy atom. The number of benzene rings is 1.